The highest BCUT2D eigenvalue weighted by Gasteiger charge is 2.22. The zero-order valence-electron chi connectivity index (χ0n) is 51.1. The summed E-state index contributed by atoms with van der Waals surface area (Å²) in [4.78, 5) is 37.2. The minimum Gasteiger partial charge on any atom is -0.545 e. The van der Waals surface area contributed by atoms with Crippen molar-refractivity contribution in [3.05, 3.63) is 60.8 Å². The highest BCUT2D eigenvalue weighted by molar-refractivity contribution is 5.70. The van der Waals surface area contributed by atoms with E-state index in [1.165, 1.54) is 199 Å². The van der Waals surface area contributed by atoms with Crippen LogP contribution in [0.4, 0.5) is 0 Å². The Morgan fingerprint density at radius 2 is 0.740 bits per heavy atom. The smallest absolute Gasteiger partial charge is 0.306 e. The van der Waals surface area contributed by atoms with E-state index >= 15 is 0 Å². The molecule has 0 heterocycles. The maximum absolute atomic E-state index is 12.9. The lowest BCUT2D eigenvalue weighted by Crippen LogP contribution is -2.44. The molecular formula is C68H123NO8. The number of carboxylic acid groups (broad SMARTS) is 1. The third-order valence-electron chi connectivity index (χ3n) is 14.3. The molecule has 448 valence electrons. The van der Waals surface area contributed by atoms with Crippen LogP contribution < -0.4 is 5.11 Å². The second-order valence-electron chi connectivity index (χ2n) is 23.0. The first-order valence-corrected chi connectivity index (χ1v) is 32.4. The molecule has 0 aliphatic rings. The normalized spacial score (nSPS) is 13.1. The Morgan fingerprint density at radius 1 is 0.403 bits per heavy atom. The number of carboxylic acids is 1. The van der Waals surface area contributed by atoms with E-state index in [1.54, 1.807) is 0 Å². The van der Waals surface area contributed by atoms with Crippen LogP contribution in [0.15, 0.2) is 60.8 Å². The second-order valence-corrected chi connectivity index (χ2v) is 23.0. The third-order valence-corrected chi connectivity index (χ3v) is 14.3. The molecule has 0 saturated heterocycles. The van der Waals surface area contributed by atoms with E-state index in [0.717, 1.165) is 70.6 Å². The largest absolute Gasteiger partial charge is 0.545 e. The summed E-state index contributed by atoms with van der Waals surface area (Å²) in [5, 5.41) is 11.8. The second kappa shape index (κ2) is 59.1. The summed E-state index contributed by atoms with van der Waals surface area (Å²) in [6.45, 7) is 4.65. The first kappa shape index (κ1) is 74.0. The Balaban J connectivity index is 3.88. The third kappa shape index (κ3) is 60.5. The monoisotopic (exact) mass is 1080 g/mol. The molecule has 77 heavy (non-hydrogen) atoms. The van der Waals surface area contributed by atoms with Crippen LogP contribution in [0.2, 0.25) is 0 Å². The number of rotatable bonds is 60. The number of unbranched alkanes of at least 4 members (excludes halogenated alkanes) is 35. The summed E-state index contributed by atoms with van der Waals surface area (Å²) >= 11 is 0. The molecule has 0 bridgehead atoms. The van der Waals surface area contributed by atoms with Gasteiger partial charge in [0.05, 0.1) is 40.3 Å². The number of allylic oxidation sites excluding steroid dienone is 10. The van der Waals surface area contributed by atoms with Crippen LogP contribution in [0.5, 0.6) is 0 Å². The van der Waals surface area contributed by atoms with E-state index in [1.807, 2.05) is 21.1 Å². The van der Waals surface area contributed by atoms with Crippen molar-refractivity contribution in [3.8, 4) is 0 Å². The molecule has 0 aromatic heterocycles. The molecule has 9 heteroatoms. The van der Waals surface area contributed by atoms with Crippen molar-refractivity contribution in [2.45, 2.75) is 309 Å². The van der Waals surface area contributed by atoms with Crippen molar-refractivity contribution < 1.29 is 42.9 Å². The Labute approximate surface area is 475 Å². The van der Waals surface area contributed by atoms with Gasteiger partial charge in [-0.2, -0.15) is 0 Å². The van der Waals surface area contributed by atoms with E-state index < -0.39 is 24.3 Å². The Morgan fingerprint density at radius 3 is 1.10 bits per heavy atom. The molecule has 9 nitrogen and oxygen atoms in total. The van der Waals surface area contributed by atoms with Gasteiger partial charge in [-0.25, -0.2) is 0 Å². The highest BCUT2D eigenvalue weighted by atomic mass is 16.7. The fraction of sp³-hybridized carbons (Fsp3) is 0.809. The number of carbonyl (C=O) groups is 3. The number of likely N-dealkylation sites (N-methyl/N-ethyl adjacent to an activating group) is 1. The van der Waals surface area contributed by atoms with E-state index in [-0.39, 0.29) is 32.2 Å². The predicted octanol–water partition coefficient (Wildman–Crippen LogP) is 18.2. The lowest BCUT2D eigenvalue weighted by atomic mass is 10.0. The van der Waals surface area contributed by atoms with Gasteiger partial charge in [0.25, 0.3) is 0 Å². The van der Waals surface area contributed by atoms with Gasteiger partial charge >= 0.3 is 11.9 Å². The van der Waals surface area contributed by atoms with E-state index in [2.05, 4.69) is 74.6 Å². The number of hydrogen-bond donors (Lipinski definition) is 0. The number of ether oxygens (including phenoxy) is 4. The zero-order valence-corrected chi connectivity index (χ0v) is 51.1. The Kier molecular flexibility index (Phi) is 56.8. The molecule has 0 aliphatic carbocycles. The van der Waals surface area contributed by atoms with Gasteiger partial charge in [-0.3, -0.25) is 9.59 Å². The van der Waals surface area contributed by atoms with Gasteiger partial charge in [0.15, 0.2) is 12.4 Å². The fourth-order valence-corrected chi connectivity index (χ4v) is 9.33. The molecule has 0 aromatic rings. The highest BCUT2D eigenvalue weighted by Crippen LogP contribution is 2.18. The van der Waals surface area contributed by atoms with Crippen molar-refractivity contribution in [2.24, 2.45) is 0 Å². The van der Waals surface area contributed by atoms with Gasteiger partial charge in [-0.1, -0.05) is 286 Å². The molecule has 0 rings (SSSR count). The van der Waals surface area contributed by atoms with Crippen LogP contribution in [0.3, 0.4) is 0 Å². The molecular weight excluding hydrogens is 959 g/mol. The maximum Gasteiger partial charge on any atom is 0.306 e. The average molecular weight is 1080 g/mol. The lowest BCUT2D eigenvalue weighted by molar-refractivity contribution is -0.870. The molecule has 0 fully saturated rings. The molecule has 0 radical (unpaired) electrons. The van der Waals surface area contributed by atoms with Crippen molar-refractivity contribution in [1.82, 2.24) is 0 Å². The van der Waals surface area contributed by atoms with E-state index in [4.69, 9.17) is 18.9 Å². The summed E-state index contributed by atoms with van der Waals surface area (Å²) in [6, 6.07) is 0. The van der Waals surface area contributed by atoms with Crippen LogP contribution in [-0.2, 0) is 33.3 Å². The van der Waals surface area contributed by atoms with Crippen LogP contribution in [0.25, 0.3) is 0 Å². The molecule has 0 aliphatic heterocycles. The molecule has 0 amide bonds. The van der Waals surface area contributed by atoms with Crippen LogP contribution >= 0.6 is 0 Å². The summed E-state index contributed by atoms with van der Waals surface area (Å²) in [5.41, 5.74) is 0. The van der Waals surface area contributed by atoms with Crippen LogP contribution in [0.1, 0.15) is 296 Å². The number of esters is 2. The predicted molar refractivity (Wildman–Crippen MR) is 325 cm³/mol. The molecule has 0 N–H and O–H groups in total. The minimum absolute atomic E-state index is 0.150. The van der Waals surface area contributed by atoms with Crippen molar-refractivity contribution in [2.75, 3.05) is 47.5 Å². The number of nitrogens with zero attached hydrogens (tertiary/aromatic N) is 1. The number of carbonyl (C=O) groups excluding carboxylic acids is 3. The first-order chi connectivity index (χ1) is 37.6. The SMILES string of the molecule is CC/C=C\C/C=C\C/C=C\C/C=C\C/C=C\CCCCCCCCCCCCCCCCCCCCCCCCCCCC(=O)OC(COC(=O)CCCCCCCCCCCCC)COC(OCC[N+](C)(C)C)C(=O)[O-]. The van der Waals surface area contributed by atoms with Gasteiger partial charge in [0, 0.05) is 12.8 Å². The van der Waals surface area contributed by atoms with Gasteiger partial charge in [-0.15, -0.1) is 0 Å². The Bertz CT molecular complexity index is 1450. The van der Waals surface area contributed by atoms with Gasteiger partial charge in [0.2, 0.25) is 0 Å². The standard InChI is InChI=1S/C68H123NO8/c1-6-8-10-12-14-16-18-19-20-21-22-23-24-25-26-27-28-29-30-31-32-33-34-35-36-37-38-39-40-41-42-43-44-45-46-47-49-51-53-55-57-59-66(71)77-64(63-76-68(67(72)73)74-61-60-69(3,4)5)62-75-65(70)58-56-54-52-50-48-17-15-13-11-9-7-2/h8,10,14,16,19-20,22-23,25-26,64,68H,6-7,9,11-13,15,17-18,21,24,27-63H2,1-5H3/b10-8-,16-14-,20-19-,23-22-,26-25-. The van der Waals surface area contributed by atoms with Crippen molar-refractivity contribution in [1.29, 1.82) is 0 Å². The summed E-state index contributed by atoms with van der Waals surface area (Å²) < 4.78 is 22.7. The van der Waals surface area contributed by atoms with Gasteiger partial charge in [-0.05, 0) is 57.8 Å². The molecule has 2 atom stereocenters. The fourth-order valence-electron chi connectivity index (χ4n) is 9.33. The zero-order chi connectivity index (χ0) is 56.2. The summed E-state index contributed by atoms with van der Waals surface area (Å²) in [5.74, 6) is -2.27. The number of aliphatic carboxylic acids is 1. The van der Waals surface area contributed by atoms with E-state index in [0.29, 0.717) is 17.4 Å². The van der Waals surface area contributed by atoms with Crippen LogP contribution in [-0.4, -0.2) is 82.3 Å². The van der Waals surface area contributed by atoms with Gasteiger partial charge in [0.1, 0.15) is 13.2 Å². The number of quaternary nitrogens is 1. The van der Waals surface area contributed by atoms with Crippen molar-refractivity contribution in [3.63, 3.8) is 0 Å². The molecule has 0 aromatic carbocycles. The topological polar surface area (TPSA) is 111 Å². The van der Waals surface area contributed by atoms with E-state index in [9.17, 15) is 19.5 Å². The summed E-state index contributed by atoms with van der Waals surface area (Å²) in [7, 11) is 5.93. The molecule has 0 spiro atoms. The van der Waals surface area contributed by atoms with Gasteiger partial charge < -0.3 is 33.3 Å². The molecule has 0 saturated carbocycles. The lowest BCUT2D eigenvalue weighted by Gasteiger charge is -2.26. The molecule has 2 unspecified atom stereocenters. The number of hydrogen-bond acceptors (Lipinski definition) is 8. The first-order valence-electron chi connectivity index (χ1n) is 32.4. The quantitative estimate of drug-likeness (QED) is 0.0195. The van der Waals surface area contributed by atoms with Crippen LogP contribution in [0, 0.1) is 0 Å². The Hall–Kier alpha value is -3.01. The minimum atomic E-state index is -1.62. The van der Waals surface area contributed by atoms with Crippen molar-refractivity contribution >= 4 is 17.9 Å². The average Bonchev–Trinajstić information content (AvgIpc) is 3.40. The summed E-state index contributed by atoms with van der Waals surface area (Å²) in [6.07, 6.45) is 73.2. The maximum atomic E-state index is 12.9.